The summed E-state index contributed by atoms with van der Waals surface area (Å²) in [5, 5.41) is 0.564. The highest BCUT2D eigenvalue weighted by Crippen LogP contribution is 2.31. The predicted octanol–water partition coefficient (Wildman–Crippen LogP) is 4.37. The molecule has 114 valence electrons. The van der Waals surface area contributed by atoms with Gasteiger partial charge in [-0.3, -0.25) is 0 Å². The van der Waals surface area contributed by atoms with Crippen molar-refractivity contribution in [1.82, 2.24) is 0 Å². The molecule has 0 fully saturated rings. The first-order valence-electron chi connectivity index (χ1n) is 7.40. The largest absolute Gasteiger partial charge is 0.465 e. The molecule has 4 heteroatoms. The number of rotatable bonds is 4. The Bertz CT molecular complexity index is 554. The molecule has 0 spiro atoms. The first-order chi connectivity index (χ1) is 10.1. The van der Waals surface area contributed by atoms with Gasteiger partial charge >= 0.3 is 5.97 Å². The van der Waals surface area contributed by atoms with Crippen molar-refractivity contribution in [2.45, 2.75) is 39.2 Å². The summed E-state index contributed by atoms with van der Waals surface area (Å²) in [6.07, 6.45) is 7.96. The Morgan fingerprint density at radius 1 is 1.48 bits per heavy atom. The van der Waals surface area contributed by atoms with E-state index in [9.17, 15) is 4.79 Å². The number of benzene rings is 1. The monoisotopic (exact) mass is 307 g/mol. The molecular formula is C17H22ClNO2. The summed E-state index contributed by atoms with van der Waals surface area (Å²) in [6.45, 7) is 4.95. The topological polar surface area (TPSA) is 29.5 Å². The van der Waals surface area contributed by atoms with E-state index in [4.69, 9.17) is 16.3 Å². The fraction of sp³-hybridized carbons (Fsp3) is 0.471. The molecule has 0 amide bonds. The summed E-state index contributed by atoms with van der Waals surface area (Å²) in [5.74, 6) is -0.341. The number of halogens is 1. The van der Waals surface area contributed by atoms with Crippen LogP contribution >= 0.6 is 11.6 Å². The van der Waals surface area contributed by atoms with Crippen molar-refractivity contribution >= 4 is 23.3 Å². The molecule has 1 aromatic rings. The van der Waals surface area contributed by atoms with Crippen molar-refractivity contribution in [2.75, 3.05) is 18.6 Å². The number of methoxy groups -OCH3 is 1. The fourth-order valence-corrected chi connectivity index (χ4v) is 3.14. The number of esters is 1. The summed E-state index contributed by atoms with van der Waals surface area (Å²) >= 11 is 6.21. The zero-order valence-electron chi connectivity index (χ0n) is 12.9. The molecule has 21 heavy (non-hydrogen) atoms. The van der Waals surface area contributed by atoms with Crippen molar-refractivity contribution < 1.29 is 9.53 Å². The average molecular weight is 308 g/mol. The van der Waals surface area contributed by atoms with Gasteiger partial charge in [-0.1, -0.05) is 23.8 Å². The van der Waals surface area contributed by atoms with Crippen LogP contribution in [0.4, 0.5) is 5.69 Å². The van der Waals surface area contributed by atoms with Gasteiger partial charge in [0.15, 0.2) is 0 Å². The van der Waals surface area contributed by atoms with Crippen molar-refractivity contribution in [3.8, 4) is 0 Å². The maximum Gasteiger partial charge on any atom is 0.338 e. The van der Waals surface area contributed by atoms with Crippen LogP contribution in [0, 0.1) is 6.92 Å². The highest BCUT2D eigenvalue weighted by molar-refractivity contribution is 6.31. The molecule has 0 radical (unpaired) electrons. The molecule has 0 heterocycles. The molecule has 0 aliphatic heterocycles. The van der Waals surface area contributed by atoms with Crippen molar-refractivity contribution in [1.29, 1.82) is 0 Å². The van der Waals surface area contributed by atoms with Crippen LogP contribution < -0.4 is 4.90 Å². The van der Waals surface area contributed by atoms with Gasteiger partial charge in [-0.25, -0.2) is 4.79 Å². The van der Waals surface area contributed by atoms with Gasteiger partial charge in [0.25, 0.3) is 0 Å². The molecule has 0 aromatic heterocycles. The van der Waals surface area contributed by atoms with Crippen molar-refractivity contribution in [2.24, 2.45) is 0 Å². The van der Waals surface area contributed by atoms with E-state index < -0.39 is 0 Å². The van der Waals surface area contributed by atoms with Crippen molar-refractivity contribution in [3.05, 3.63) is 40.4 Å². The second kappa shape index (κ2) is 6.99. The molecule has 1 aliphatic carbocycles. The third kappa shape index (κ3) is 3.41. The minimum Gasteiger partial charge on any atom is -0.465 e. The quantitative estimate of drug-likeness (QED) is 0.611. The zero-order valence-corrected chi connectivity index (χ0v) is 13.6. The Morgan fingerprint density at radius 3 is 2.81 bits per heavy atom. The van der Waals surface area contributed by atoms with Crippen LogP contribution in [0.2, 0.25) is 5.02 Å². The molecule has 0 bridgehead atoms. The summed E-state index contributed by atoms with van der Waals surface area (Å²) in [4.78, 5) is 14.2. The Kier molecular flexibility index (Phi) is 5.29. The molecule has 2 rings (SSSR count). The normalized spacial score (nSPS) is 17.6. The molecule has 0 saturated heterocycles. The van der Waals surface area contributed by atoms with Crippen LogP contribution in [0.25, 0.3) is 0 Å². The molecule has 3 nitrogen and oxygen atoms in total. The van der Waals surface area contributed by atoms with Gasteiger partial charge in [0.05, 0.1) is 12.7 Å². The van der Waals surface area contributed by atoms with Gasteiger partial charge in [0.1, 0.15) is 0 Å². The molecule has 1 unspecified atom stereocenters. The number of nitrogens with zero attached hydrogens (tertiary/aromatic N) is 1. The van der Waals surface area contributed by atoms with Crippen LogP contribution in [-0.2, 0) is 4.74 Å². The molecule has 0 saturated carbocycles. The van der Waals surface area contributed by atoms with Gasteiger partial charge in [-0.2, -0.15) is 0 Å². The zero-order chi connectivity index (χ0) is 15.4. The van der Waals surface area contributed by atoms with Crippen LogP contribution in [0.15, 0.2) is 24.3 Å². The Morgan fingerprint density at radius 2 is 2.24 bits per heavy atom. The highest BCUT2D eigenvalue weighted by atomic mass is 35.5. The summed E-state index contributed by atoms with van der Waals surface area (Å²) in [6, 6.07) is 3.98. The van der Waals surface area contributed by atoms with Gasteiger partial charge in [0, 0.05) is 23.3 Å². The molecule has 1 atom stereocenters. The summed E-state index contributed by atoms with van der Waals surface area (Å²) in [5.41, 5.74) is 2.48. The van der Waals surface area contributed by atoms with Gasteiger partial charge in [0.2, 0.25) is 0 Å². The van der Waals surface area contributed by atoms with Crippen LogP contribution in [-0.4, -0.2) is 25.7 Å². The fourth-order valence-electron chi connectivity index (χ4n) is 2.92. The van der Waals surface area contributed by atoms with E-state index >= 15 is 0 Å². The molecule has 0 N–H and O–H groups in total. The first kappa shape index (κ1) is 15.9. The smallest absolute Gasteiger partial charge is 0.338 e. The highest BCUT2D eigenvalue weighted by Gasteiger charge is 2.22. The number of carbonyl (C=O) groups excluding carboxylic acids is 1. The standard InChI is InChI=1S/C17H22ClNO2/c1-4-19(14-8-6-5-7-9-14)16-11-13(18)10-15(12(16)2)17(20)21-3/h6,8,10-11,14H,4-5,7,9H2,1-3H3. The molecule has 1 aromatic carbocycles. The number of anilines is 1. The maximum absolute atomic E-state index is 11.9. The van der Waals surface area contributed by atoms with E-state index in [0.717, 1.165) is 30.6 Å². The van der Waals surface area contributed by atoms with Gasteiger partial charge < -0.3 is 9.64 Å². The lowest BCUT2D eigenvalue weighted by Gasteiger charge is -2.34. The van der Waals surface area contributed by atoms with Crippen molar-refractivity contribution in [3.63, 3.8) is 0 Å². The third-order valence-electron chi connectivity index (χ3n) is 4.03. The Hall–Kier alpha value is -1.48. The molecule has 1 aliphatic rings. The maximum atomic E-state index is 11.9. The van der Waals surface area contributed by atoms with E-state index in [1.54, 1.807) is 6.07 Å². The Balaban J connectivity index is 2.45. The van der Waals surface area contributed by atoms with Crippen LogP contribution in [0.3, 0.4) is 0 Å². The van der Waals surface area contributed by atoms with Crippen LogP contribution in [0.5, 0.6) is 0 Å². The summed E-state index contributed by atoms with van der Waals surface area (Å²) in [7, 11) is 1.39. The number of carbonyl (C=O) groups is 1. The van der Waals surface area contributed by atoms with E-state index in [-0.39, 0.29) is 5.97 Å². The lowest BCUT2D eigenvalue weighted by Crippen LogP contribution is -2.35. The van der Waals surface area contributed by atoms with Crippen LogP contribution in [0.1, 0.15) is 42.1 Å². The van der Waals surface area contributed by atoms with Gasteiger partial charge in [-0.05, 0) is 50.8 Å². The number of hydrogen-bond acceptors (Lipinski definition) is 3. The van der Waals surface area contributed by atoms with E-state index in [1.807, 2.05) is 13.0 Å². The number of allylic oxidation sites excluding steroid dienone is 1. The minimum absolute atomic E-state index is 0.341. The van der Waals surface area contributed by atoms with E-state index in [1.165, 1.54) is 13.5 Å². The van der Waals surface area contributed by atoms with E-state index in [0.29, 0.717) is 16.6 Å². The second-order valence-electron chi connectivity index (χ2n) is 5.30. The number of likely N-dealkylation sites (N-methyl/N-ethyl adjacent to an activating group) is 1. The predicted molar refractivity (Wildman–Crippen MR) is 87.3 cm³/mol. The average Bonchev–Trinajstić information content (AvgIpc) is 2.51. The first-order valence-corrected chi connectivity index (χ1v) is 7.78. The Labute approximate surface area is 131 Å². The number of hydrogen-bond donors (Lipinski definition) is 0. The second-order valence-corrected chi connectivity index (χ2v) is 5.74. The number of ether oxygens (including phenoxy) is 1. The summed E-state index contributed by atoms with van der Waals surface area (Å²) < 4.78 is 4.86. The van der Waals surface area contributed by atoms with Gasteiger partial charge in [-0.15, -0.1) is 0 Å². The lowest BCUT2D eigenvalue weighted by atomic mass is 9.98. The molecular weight excluding hydrogens is 286 g/mol. The lowest BCUT2D eigenvalue weighted by molar-refractivity contribution is 0.0600. The SMILES string of the molecule is CCN(c1cc(Cl)cc(C(=O)OC)c1C)C1C=CCCC1. The van der Waals surface area contributed by atoms with E-state index in [2.05, 4.69) is 24.0 Å². The third-order valence-corrected chi connectivity index (χ3v) is 4.25. The minimum atomic E-state index is -0.341.